The lowest BCUT2D eigenvalue weighted by Gasteiger charge is -2.14. The SMILES string of the molecule is CC(SCc1ccccc1)C(=O)Nc1ccc(OC2CCCC2)cc1. The summed E-state index contributed by atoms with van der Waals surface area (Å²) in [5.41, 5.74) is 2.05. The van der Waals surface area contributed by atoms with Crippen molar-refractivity contribution in [3.63, 3.8) is 0 Å². The highest BCUT2D eigenvalue weighted by Gasteiger charge is 2.17. The van der Waals surface area contributed by atoms with Crippen LogP contribution in [-0.2, 0) is 10.5 Å². The van der Waals surface area contributed by atoms with Gasteiger partial charge in [-0.05, 0) is 62.4 Å². The number of nitrogens with one attached hydrogen (secondary N) is 1. The lowest BCUT2D eigenvalue weighted by molar-refractivity contribution is -0.115. The van der Waals surface area contributed by atoms with E-state index in [-0.39, 0.29) is 11.2 Å². The predicted octanol–water partition coefficient (Wildman–Crippen LogP) is 5.27. The molecule has 4 heteroatoms. The highest BCUT2D eigenvalue weighted by Crippen LogP contribution is 2.25. The second-order valence-corrected chi connectivity index (χ2v) is 7.81. The summed E-state index contributed by atoms with van der Waals surface area (Å²) >= 11 is 1.64. The van der Waals surface area contributed by atoms with Gasteiger partial charge in [0.1, 0.15) is 5.75 Å². The monoisotopic (exact) mass is 355 g/mol. The minimum absolute atomic E-state index is 0.0328. The van der Waals surface area contributed by atoms with Crippen LogP contribution in [0.3, 0.4) is 0 Å². The summed E-state index contributed by atoms with van der Waals surface area (Å²) in [6.45, 7) is 1.94. The lowest BCUT2D eigenvalue weighted by atomic mass is 10.2. The van der Waals surface area contributed by atoms with Crippen molar-refractivity contribution in [1.29, 1.82) is 0 Å². The van der Waals surface area contributed by atoms with Gasteiger partial charge >= 0.3 is 0 Å². The molecule has 2 aromatic rings. The van der Waals surface area contributed by atoms with Gasteiger partial charge in [0.25, 0.3) is 0 Å². The first-order valence-electron chi connectivity index (χ1n) is 8.94. The fraction of sp³-hybridized carbons (Fsp3) is 0.381. The van der Waals surface area contributed by atoms with Crippen LogP contribution in [0.2, 0.25) is 0 Å². The molecule has 132 valence electrons. The molecule has 0 saturated heterocycles. The van der Waals surface area contributed by atoms with Crippen molar-refractivity contribution < 1.29 is 9.53 Å². The molecule has 0 aliphatic heterocycles. The zero-order chi connectivity index (χ0) is 17.5. The third kappa shape index (κ3) is 5.53. The van der Waals surface area contributed by atoms with Crippen LogP contribution >= 0.6 is 11.8 Å². The van der Waals surface area contributed by atoms with E-state index < -0.39 is 0 Å². The van der Waals surface area contributed by atoms with Crippen LogP contribution in [-0.4, -0.2) is 17.3 Å². The summed E-state index contributed by atoms with van der Waals surface area (Å²) in [6, 6.07) is 17.9. The van der Waals surface area contributed by atoms with E-state index in [9.17, 15) is 4.79 Å². The summed E-state index contributed by atoms with van der Waals surface area (Å²) in [6.07, 6.45) is 5.17. The van der Waals surface area contributed by atoms with Gasteiger partial charge in [0.05, 0.1) is 11.4 Å². The second-order valence-electron chi connectivity index (χ2n) is 6.48. The zero-order valence-electron chi connectivity index (χ0n) is 14.6. The van der Waals surface area contributed by atoms with Gasteiger partial charge < -0.3 is 10.1 Å². The summed E-state index contributed by atoms with van der Waals surface area (Å²) in [7, 11) is 0. The Morgan fingerprint density at radius 2 is 1.80 bits per heavy atom. The molecule has 1 N–H and O–H groups in total. The van der Waals surface area contributed by atoms with Crippen molar-refractivity contribution in [2.45, 2.75) is 49.7 Å². The van der Waals surface area contributed by atoms with Crippen molar-refractivity contribution in [2.24, 2.45) is 0 Å². The highest BCUT2D eigenvalue weighted by molar-refractivity contribution is 7.99. The normalized spacial score (nSPS) is 15.7. The van der Waals surface area contributed by atoms with Gasteiger partial charge in [-0.2, -0.15) is 0 Å². The van der Waals surface area contributed by atoms with Crippen molar-refractivity contribution in [2.75, 3.05) is 5.32 Å². The molecule has 0 spiro atoms. The van der Waals surface area contributed by atoms with Gasteiger partial charge in [0.2, 0.25) is 5.91 Å². The molecule has 1 atom stereocenters. The quantitative estimate of drug-likeness (QED) is 0.735. The number of hydrogen-bond acceptors (Lipinski definition) is 3. The highest BCUT2D eigenvalue weighted by atomic mass is 32.2. The van der Waals surface area contributed by atoms with Gasteiger partial charge in [-0.3, -0.25) is 4.79 Å². The van der Waals surface area contributed by atoms with Gasteiger partial charge in [-0.15, -0.1) is 11.8 Å². The van der Waals surface area contributed by atoms with Gasteiger partial charge in [0, 0.05) is 11.4 Å². The van der Waals surface area contributed by atoms with E-state index in [1.807, 2.05) is 49.4 Å². The third-order valence-electron chi connectivity index (χ3n) is 4.44. The first kappa shape index (κ1) is 17.9. The fourth-order valence-corrected chi connectivity index (χ4v) is 3.78. The number of rotatable bonds is 7. The molecule has 1 aliphatic carbocycles. The fourth-order valence-electron chi connectivity index (χ4n) is 2.93. The number of thioether (sulfide) groups is 1. The summed E-state index contributed by atoms with van der Waals surface area (Å²) in [5.74, 6) is 1.76. The Morgan fingerprint density at radius 1 is 1.12 bits per heavy atom. The van der Waals surface area contributed by atoms with Crippen LogP contribution in [0.25, 0.3) is 0 Å². The number of carbonyl (C=O) groups excluding carboxylic acids is 1. The Kier molecular flexibility index (Phi) is 6.40. The molecule has 2 aromatic carbocycles. The standard InChI is InChI=1S/C21H25NO2S/c1-16(25-15-17-7-3-2-4-8-17)21(23)22-18-11-13-20(14-12-18)24-19-9-5-6-10-19/h2-4,7-8,11-14,16,19H,5-6,9-10,15H2,1H3,(H,22,23). The summed E-state index contributed by atoms with van der Waals surface area (Å²) in [5, 5.41) is 2.88. The molecule has 1 amide bonds. The average Bonchev–Trinajstić information content (AvgIpc) is 3.15. The van der Waals surface area contributed by atoms with Crippen LogP contribution in [0.4, 0.5) is 5.69 Å². The van der Waals surface area contributed by atoms with Crippen molar-refractivity contribution in [3.8, 4) is 5.75 Å². The maximum Gasteiger partial charge on any atom is 0.237 e. The minimum atomic E-state index is -0.102. The van der Waals surface area contributed by atoms with Crippen molar-refractivity contribution in [3.05, 3.63) is 60.2 Å². The van der Waals surface area contributed by atoms with Crippen LogP contribution in [0.15, 0.2) is 54.6 Å². The molecule has 1 fully saturated rings. The number of anilines is 1. The number of ether oxygens (including phenoxy) is 1. The molecule has 3 rings (SSSR count). The van der Waals surface area contributed by atoms with E-state index in [1.165, 1.54) is 18.4 Å². The molecule has 25 heavy (non-hydrogen) atoms. The summed E-state index contributed by atoms with van der Waals surface area (Å²) in [4.78, 5) is 12.3. The Labute approximate surface area is 154 Å². The topological polar surface area (TPSA) is 38.3 Å². The van der Waals surface area contributed by atoms with Crippen LogP contribution in [0, 0.1) is 0 Å². The van der Waals surface area contributed by atoms with Gasteiger partial charge in [-0.1, -0.05) is 30.3 Å². The molecule has 0 heterocycles. The molecule has 1 unspecified atom stereocenters. The lowest BCUT2D eigenvalue weighted by Crippen LogP contribution is -2.22. The minimum Gasteiger partial charge on any atom is -0.490 e. The molecule has 0 radical (unpaired) electrons. The predicted molar refractivity (Wildman–Crippen MR) is 105 cm³/mol. The van der Waals surface area contributed by atoms with E-state index in [2.05, 4.69) is 17.4 Å². The van der Waals surface area contributed by atoms with Gasteiger partial charge in [-0.25, -0.2) is 0 Å². The maximum absolute atomic E-state index is 12.3. The maximum atomic E-state index is 12.3. The Hall–Kier alpha value is -1.94. The Bertz CT molecular complexity index is 666. The van der Waals surface area contributed by atoms with Crippen LogP contribution < -0.4 is 10.1 Å². The van der Waals surface area contributed by atoms with Gasteiger partial charge in [0.15, 0.2) is 0 Å². The first-order valence-corrected chi connectivity index (χ1v) is 9.99. The molecule has 0 aromatic heterocycles. The molecular weight excluding hydrogens is 330 g/mol. The van der Waals surface area contributed by atoms with E-state index in [0.717, 1.165) is 30.0 Å². The molecule has 1 saturated carbocycles. The molecule has 3 nitrogen and oxygen atoms in total. The number of hydrogen-bond donors (Lipinski definition) is 1. The third-order valence-corrected chi connectivity index (χ3v) is 5.65. The van der Waals surface area contributed by atoms with E-state index >= 15 is 0 Å². The van der Waals surface area contributed by atoms with E-state index in [0.29, 0.717) is 6.10 Å². The summed E-state index contributed by atoms with van der Waals surface area (Å²) < 4.78 is 5.95. The van der Waals surface area contributed by atoms with Crippen molar-refractivity contribution >= 4 is 23.4 Å². The number of carbonyl (C=O) groups is 1. The molecular formula is C21H25NO2S. The second kappa shape index (κ2) is 8.95. The molecule has 1 aliphatic rings. The molecule has 0 bridgehead atoms. The zero-order valence-corrected chi connectivity index (χ0v) is 15.4. The van der Waals surface area contributed by atoms with Crippen LogP contribution in [0.1, 0.15) is 38.2 Å². The Balaban J connectivity index is 1.46. The smallest absolute Gasteiger partial charge is 0.237 e. The Morgan fingerprint density at radius 3 is 2.48 bits per heavy atom. The van der Waals surface area contributed by atoms with E-state index in [1.54, 1.807) is 11.8 Å². The average molecular weight is 356 g/mol. The largest absolute Gasteiger partial charge is 0.490 e. The van der Waals surface area contributed by atoms with Crippen molar-refractivity contribution in [1.82, 2.24) is 0 Å². The van der Waals surface area contributed by atoms with E-state index in [4.69, 9.17) is 4.74 Å². The number of benzene rings is 2. The first-order chi connectivity index (χ1) is 12.2. The number of amides is 1. The van der Waals surface area contributed by atoms with Crippen LogP contribution in [0.5, 0.6) is 5.75 Å².